The first-order chi connectivity index (χ1) is 16.0. The van der Waals surface area contributed by atoms with E-state index in [1.165, 1.54) is 4.68 Å². The average molecular weight is 498 g/mol. The first-order valence-electron chi connectivity index (χ1n) is 9.86. The zero-order valence-electron chi connectivity index (χ0n) is 17.5. The number of carbonyl (C=O) groups is 1. The Hall–Kier alpha value is -3.28. The Morgan fingerprint density at radius 1 is 1.09 bits per heavy atom. The topological polar surface area (TPSA) is 59.3 Å². The predicted molar refractivity (Wildman–Crippen MR) is 117 cm³/mol. The van der Waals surface area contributed by atoms with Gasteiger partial charge in [-0.1, -0.05) is 12.1 Å². The van der Waals surface area contributed by atoms with Crippen LogP contribution in [0.3, 0.4) is 0 Å². The maximum Gasteiger partial charge on any atom is 0.416 e. The standard InChI is InChI=1S/C22H16F6N4OS/c1-29-19-18(34-20(33)31-19)9-12-2-5-17-14(8-12)11-30-32(17)7-6-13-3-4-15(21(23,24)25)10-16(13)22(26,27)28/h2-5,8-11H,6-7H2,1H3,(H,29,31,33)/b18-9-. The number of alkyl halides is 6. The fourth-order valence-corrected chi connectivity index (χ4v) is 4.36. The molecule has 2 aromatic carbocycles. The maximum atomic E-state index is 13.4. The van der Waals surface area contributed by atoms with Gasteiger partial charge in [0.15, 0.2) is 0 Å². The molecule has 0 spiro atoms. The van der Waals surface area contributed by atoms with Crippen molar-refractivity contribution in [2.45, 2.75) is 25.3 Å². The molecule has 0 radical (unpaired) electrons. The largest absolute Gasteiger partial charge is 0.416 e. The van der Waals surface area contributed by atoms with Gasteiger partial charge in [0.25, 0.3) is 5.24 Å². The fraction of sp³-hybridized carbons (Fsp3) is 0.227. The number of carbonyl (C=O) groups excluding carboxylic acids is 1. The number of amidine groups is 1. The molecule has 4 rings (SSSR count). The highest BCUT2D eigenvalue weighted by molar-refractivity contribution is 8.18. The highest BCUT2D eigenvalue weighted by Gasteiger charge is 2.38. The Morgan fingerprint density at radius 2 is 1.85 bits per heavy atom. The molecule has 34 heavy (non-hydrogen) atoms. The number of amides is 1. The minimum atomic E-state index is -4.92. The van der Waals surface area contributed by atoms with Crippen LogP contribution in [0.5, 0.6) is 0 Å². The van der Waals surface area contributed by atoms with Gasteiger partial charge in [-0.05, 0) is 59.7 Å². The average Bonchev–Trinajstić information content (AvgIpc) is 3.32. The summed E-state index contributed by atoms with van der Waals surface area (Å²) in [4.78, 5) is 16.2. The summed E-state index contributed by atoms with van der Waals surface area (Å²) in [7, 11) is 1.56. The number of aliphatic imine (C=N–C) groups is 1. The number of halogens is 6. The summed E-state index contributed by atoms with van der Waals surface area (Å²) in [5, 5.41) is 7.32. The number of fused-ring (bicyclic) bond motifs is 1. The zero-order valence-corrected chi connectivity index (χ0v) is 18.3. The van der Waals surface area contributed by atoms with Crippen molar-refractivity contribution in [1.29, 1.82) is 0 Å². The van der Waals surface area contributed by atoms with Gasteiger partial charge in [-0.2, -0.15) is 31.4 Å². The molecule has 1 amide bonds. The van der Waals surface area contributed by atoms with E-state index in [1.54, 1.807) is 31.5 Å². The number of rotatable bonds is 4. The van der Waals surface area contributed by atoms with E-state index in [2.05, 4.69) is 15.4 Å². The third-order valence-electron chi connectivity index (χ3n) is 5.18. The molecule has 1 fully saturated rings. The predicted octanol–water partition coefficient (Wildman–Crippen LogP) is 6.14. The van der Waals surface area contributed by atoms with Crippen molar-refractivity contribution < 1.29 is 31.1 Å². The molecule has 0 atom stereocenters. The minimum absolute atomic E-state index is 0.0410. The second-order valence-electron chi connectivity index (χ2n) is 7.40. The molecule has 0 saturated carbocycles. The van der Waals surface area contributed by atoms with Crippen LogP contribution in [-0.4, -0.2) is 27.9 Å². The molecule has 0 bridgehead atoms. The molecule has 3 aromatic rings. The Labute approximate surface area is 193 Å². The maximum absolute atomic E-state index is 13.4. The monoisotopic (exact) mass is 498 g/mol. The Morgan fingerprint density at radius 3 is 2.53 bits per heavy atom. The molecule has 1 saturated heterocycles. The van der Waals surface area contributed by atoms with Crippen LogP contribution in [0.2, 0.25) is 0 Å². The number of nitrogens with zero attached hydrogens (tertiary/aromatic N) is 3. The van der Waals surface area contributed by atoms with Gasteiger partial charge in [-0.3, -0.25) is 14.5 Å². The highest BCUT2D eigenvalue weighted by Crippen LogP contribution is 2.37. The summed E-state index contributed by atoms with van der Waals surface area (Å²) < 4.78 is 80.3. The van der Waals surface area contributed by atoms with Crippen LogP contribution in [-0.2, 0) is 25.3 Å². The van der Waals surface area contributed by atoms with E-state index in [9.17, 15) is 31.1 Å². The summed E-state index contributed by atoms with van der Waals surface area (Å²) in [6.07, 6.45) is -6.61. The number of nitrogens with one attached hydrogen (secondary N) is 1. The van der Waals surface area contributed by atoms with Gasteiger partial charge in [-0.15, -0.1) is 0 Å². The van der Waals surface area contributed by atoms with E-state index >= 15 is 0 Å². The van der Waals surface area contributed by atoms with Gasteiger partial charge in [0.1, 0.15) is 5.84 Å². The summed E-state index contributed by atoms with van der Waals surface area (Å²) in [5.41, 5.74) is -1.47. The van der Waals surface area contributed by atoms with Crippen LogP contribution in [0, 0.1) is 0 Å². The second kappa shape index (κ2) is 8.82. The third-order valence-corrected chi connectivity index (χ3v) is 6.00. The minimum Gasteiger partial charge on any atom is -0.300 e. The highest BCUT2D eigenvalue weighted by atomic mass is 32.2. The zero-order chi connectivity index (χ0) is 24.7. The molecule has 12 heteroatoms. The van der Waals surface area contributed by atoms with Crippen molar-refractivity contribution >= 4 is 39.8 Å². The molecule has 0 unspecified atom stereocenters. The fourth-order valence-electron chi connectivity index (χ4n) is 3.58. The lowest BCUT2D eigenvalue weighted by molar-refractivity contribution is -0.143. The van der Waals surface area contributed by atoms with Crippen molar-refractivity contribution in [3.05, 3.63) is 69.8 Å². The molecule has 2 heterocycles. The second-order valence-corrected chi connectivity index (χ2v) is 8.41. The molecule has 1 aliphatic heterocycles. The number of hydrogen-bond acceptors (Lipinski definition) is 4. The number of aromatic nitrogens is 2. The Kier molecular flexibility index (Phi) is 6.19. The summed E-state index contributed by atoms with van der Waals surface area (Å²) in [6.45, 7) is 0.0410. The van der Waals surface area contributed by atoms with E-state index < -0.39 is 23.5 Å². The molecule has 1 aromatic heterocycles. The van der Waals surface area contributed by atoms with Gasteiger partial charge in [0, 0.05) is 19.0 Å². The third kappa shape index (κ3) is 4.96. The van der Waals surface area contributed by atoms with Crippen LogP contribution in [0.25, 0.3) is 17.0 Å². The van der Waals surface area contributed by atoms with Crippen LogP contribution < -0.4 is 5.32 Å². The summed E-state index contributed by atoms with van der Waals surface area (Å²) in [5.74, 6) is 0.461. The van der Waals surface area contributed by atoms with E-state index in [0.29, 0.717) is 22.3 Å². The first-order valence-corrected chi connectivity index (χ1v) is 10.7. The van der Waals surface area contributed by atoms with Gasteiger partial charge in [-0.25, -0.2) is 0 Å². The number of hydrogen-bond donors (Lipinski definition) is 1. The molecular weight excluding hydrogens is 482 g/mol. The lowest BCUT2D eigenvalue weighted by Gasteiger charge is -2.16. The Bertz CT molecular complexity index is 1320. The summed E-state index contributed by atoms with van der Waals surface area (Å²) >= 11 is 1.01. The van der Waals surface area contributed by atoms with E-state index in [-0.39, 0.29) is 29.8 Å². The molecule has 1 N–H and O–H groups in total. The molecule has 5 nitrogen and oxygen atoms in total. The van der Waals surface area contributed by atoms with Crippen molar-refractivity contribution in [3.63, 3.8) is 0 Å². The van der Waals surface area contributed by atoms with Crippen molar-refractivity contribution in [2.24, 2.45) is 4.99 Å². The molecule has 0 aliphatic carbocycles. The number of benzene rings is 2. The van der Waals surface area contributed by atoms with E-state index in [0.717, 1.165) is 28.8 Å². The number of aryl methyl sites for hydroxylation is 2. The van der Waals surface area contributed by atoms with E-state index in [1.807, 2.05) is 6.07 Å². The summed E-state index contributed by atoms with van der Waals surface area (Å²) in [6, 6.07) is 6.98. The van der Waals surface area contributed by atoms with Crippen LogP contribution >= 0.6 is 11.8 Å². The van der Waals surface area contributed by atoms with Crippen LogP contribution in [0.15, 0.2) is 52.5 Å². The van der Waals surface area contributed by atoms with Crippen molar-refractivity contribution in [2.75, 3.05) is 7.05 Å². The molecule has 178 valence electrons. The van der Waals surface area contributed by atoms with Crippen molar-refractivity contribution in [1.82, 2.24) is 15.1 Å². The molecule has 1 aliphatic rings. The normalized spacial score (nSPS) is 17.2. The molecular formula is C22H16F6N4OS. The quantitative estimate of drug-likeness (QED) is 0.440. The SMILES string of the molecule is CN=C1NC(=O)S/C1=C\c1ccc2c(cnn2CCc2ccc(C(F)(F)F)cc2C(F)(F)F)c1. The van der Waals surface area contributed by atoms with Gasteiger partial charge in [0.05, 0.1) is 27.7 Å². The Balaban J connectivity index is 1.58. The number of thioether (sulfide) groups is 1. The van der Waals surface area contributed by atoms with Gasteiger partial charge >= 0.3 is 12.4 Å². The van der Waals surface area contributed by atoms with E-state index in [4.69, 9.17) is 0 Å². The lowest BCUT2D eigenvalue weighted by atomic mass is 10.0. The van der Waals surface area contributed by atoms with Crippen molar-refractivity contribution in [3.8, 4) is 0 Å². The van der Waals surface area contributed by atoms with Crippen LogP contribution in [0.4, 0.5) is 31.1 Å². The smallest absolute Gasteiger partial charge is 0.300 e. The first kappa shape index (κ1) is 23.9. The van der Waals surface area contributed by atoms with Crippen LogP contribution in [0.1, 0.15) is 22.3 Å². The van der Waals surface area contributed by atoms with Gasteiger partial charge in [0.2, 0.25) is 0 Å². The lowest BCUT2D eigenvalue weighted by Crippen LogP contribution is -2.18. The van der Waals surface area contributed by atoms with Gasteiger partial charge < -0.3 is 5.32 Å².